The molecule has 0 unspecified atom stereocenters. The quantitative estimate of drug-likeness (QED) is 0.703. The third-order valence-corrected chi connectivity index (χ3v) is 6.90. The van der Waals surface area contributed by atoms with E-state index >= 15 is 0 Å². The molecule has 3 aromatic rings. The first-order chi connectivity index (χ1) is 12.0. The molecule has 1 aliphatic carbocycles. The van der Waals surface area contributed by atoms with Crippen LogP contribution in [-0.2, 0) is 16.4 Å². The Kier molecular flexibility index (Phi) is 4.09. The lowest BCUT2D eigenvalue weighted by Crippen LogP contribution is -2.11. The number of benzene rings is 1. The summed E-state index contributed by atoms with van der Waals surface area (Å²) in [7, 11) is -3.63. The lowest BCUT2D eigenvalue weighted by molar-refractivity contribution is 0.380. The van der Waals surface area contributed by atoms with E-state index in [9.17, 15) is 8.42 Å². The van der Waals surface area contributed by atoms with Crippen LogP contribution in [0.1, 0.15) is 37.1 Å². The molecule has 1 aromatic carbocycles. The predicted octanol–water partition coefficient (Wildman–Crippen LogP) is 4.04. The monoisotopic (exact) mass is 375 g/mol. The lowest BCUT2D eigenvalue weighted by atomic mass is 10.2. The van der Waals surface area contributed by atoms with Gasteiger partial charge >= 0.3 is 0 Å². The number of hydrogen-bond acceptors (Lipinski definition) is 6. The Morgan fingerprint density at radius 3 is 2.72 bits per heavy atom. The molecule has 1 fully saturated rings. The van der Waals surface area contributed by atoms with Gasteiger partial charge in [0.2, 0.25) is 11.7 Å². The van der Waals surface area contributed by atoms with E-state index in [1.165, 1.54) is 0 Å². The molecule has 1 aliphatic rings. The maximum atomic E-state index is 12.6. The number of aryl methyl sites for hydroxylation is 1. The fourth-order valence-corrected chi connectivity index (χ4v) is 4.65. The average Bonchev–Trinajstić information content (AvgIpc) is 3.12. The van der Waals surface area contributed by atoms with Crippen LogP contribution in [-0.4, -0.2) is 18.6 Å². The van der Waals surface area contributed by atoms with Crippen molar-refractivity contribution in [3.8, 4) is 11.4 Å². The molecule has 130 valence electrons. The predicted molar refractivity (Wildman–Crippen MR) is 96.2 cm³/mol. The van der Waals surface area contributed by atoms with E-state index in [-0.39, 0.29) is 4.21 Å². The number of rotatable bonds is 6. The van der Waals surface area contributed by atoms with Crippen LogP contribution in [0.15, 0.2) is 44.4 Å². The lowest BCUT2D eigenvalue weighted by Gasteiger charge is -2.06. The van der Waals surface area contributed by atoms with Crippen molar-refractivity contribution in [1.82, 2.24) is 10.1 Å². The topological polar surface area (TPSA) is 85.1 Å². The van der Waals surface area contributed by atoms with Gasteiger partial charge in [-0.15, -0.1) is 11.3 Å². The van der Waals surface area contributed by atoms with Gasteiger partial charge < -0.3 is 4.52 Å². The van der Waals surface area contributed by atoms with Crippen LogP contribution < -0.4 is 4.72 Å². The summed E-state index contributed by atoms with van der Waals surface area (Å²) < 4.78 is 33.2. The third-order valence-electron chi connectivity index (χ3n) is 4.08. The van der Waals surface area contributed by atoms with Crippen LogP contribution in [0.2, 0.25) is 0 Å². The van der Waals surface area contributed by atoms with Gasteiger partial charge in [-0.1, -0.05) is 24.2 Å². The van der Waals surface area contributed by atoms with Crippen molar-refractivity contribution in [3.63, 3.8) is 0 Å². The number of nitrogens with one attached hydrogen (secondary N) is 1. The van der Waals surface area contributed by atoms with Crippen molar-refractivity contribution in [3.05, 3.63) is 47.2 Å². The van der Waals surface area contributed by atoms with Crippen molar-refractivity contribution in [1.29, 1.82) is 0 Å². The number of hydrogen-bond donors (Lipinski definition) is 1. The van der Waals surface area contributed by atoms with Crippen LogP contribution in [0.5, 0.6) is 0 Å². The van der Waals surface area contributed by atoms with Crippen LogP contribution >= 0.6 is 11.3 Å². The molecule has 2 heterocycles. The first kappa shape index (κ1) is 16.3. The number of aromatic nitrogens is 2. The van der Waals surface area contributed by atoms with Crippen molar-refractivity contribution in [2.45, 2.75) is 36.3 Å². The highest BCUT2D eigenvalue weighted by atomic mass is 32.2. The van der Waals surface area contributed by atoms with E-state index in [4.69, 9.17) is 4.52 Å². The molecule has 0 atom stereocenters. The third kappa shape index (κ3) is 3.45. The summed E-state index contributed by atoms with van der Waals surface area (Å²) in [6.45, 7) is 2.05. The maximum Gasteiger partial charge on any atom is 0.271 e. The summed E-state index contributed by atoms with van der Waals surface area (Å²) in [5, 5.41) is 5.68. The van der Waals surface area contributed by atoms with Gasteiger partial charge in [-0.2, -0.15) is 4.98 Å². The Balaban J connectivity index is 1.54. The van der Waals surface area contributed by atoms with Gasteiger partial charge in [0, 0.05) is 22.5 Å². The van der Waals surface area contributed by atoms with Gasteiger partial charge in [0.05, 0.1) is 0 Å². The van der Waals surface area contributed by atoms with E-state index in [0.717, 1.165) is 36.2 Å². The molecule has 25 heavy (non-hydrogen) atoms. The van der Waals surface area contributed by atoms with Crippen LogP contribution in [0.3, 0.4) is 0 Å². The van der Waals surface area contributed by atoms with E-state index in [2.05, 4.69) is 21.8 Å². The zero-order chi connectivity index (χ0) is 17.4. The van der Waals surface area contributed by atoms with Crippen molar-refractivity contribution in [2.24, 2.45) is 0 Å². The number of sulfonamides is 1. The van der Waals surface area contributed by atoms with Crippen LogP contribution in [0.4, 0.5) is 5.69 Å². The fourth-order valence-electron chi connectivity index (χ4n) is 2.44. The molecule has 0 aliphatic heterocycles. The molecule has 8 heteroatoms. The Labute approximate surface area is 150 Å². The summed E-state index contributed by atoms with van der Waals surface area (Å²) in [4.78, 5) is 4.35. The van der Waals surface area contributed by atoms with Crippen molar-refractivity contribution in [2.75, 3.05) is 4.72 Å². The van der Waals surface area contributed by atoms with Gasteiger partial charge in [0.15, 0.2) is 0 Å². The Morgan fingerprint density at radius 2 is 2.04 bits per heavy atom. The number of nitrogens with zero attached hydrogens (tertiary/aromatic N) is 2. The normalized spacial score (nSPS) is 14.6. The van der Waals surface area contributed by atoms with E-state index in [1.807, 2.05) is 12.1 Å². The Bertz CT molecular complexity index is 986. The molecular weight excluding hydrogens is 358 g/mol. The van der Waals surface area contributed by atoms with Gasteiger partial charge in [0.1, 0.15) is 4.21 Å². The van der Waals surface area contributed by atoms with E-state index in [0.29, 0.717) is 28.9 Å². The molecule has 0 bridgehead atoms. The summed E-state index contributed by atoms with van der Waals surface area (Å²) in [6.07, 6.45) is 3.06. The summed E-state index contributed by atoms with van der Waals surface area (Å²) in [5.41, 5.74) is 2.36. The van der Waals surface area contributed by atoms with Gasteiger partial charge in [-0.3, -0.25) is 4.72 Å². The first-order valence-corrected chi connectivity index (χ1v) is 10.5. The van der Waals surface area contributed by atoms with E-state index < -0.39 is 10.0 Å². The highest BCUT2D eigenvalue weighted by molar-refractivity contribution is 7.94. The molecule has 1 N–H and O–H groups in total. The van der Waals surface area contributed by atoms with E-state index in [1.54, 1.807) is 23.6 Å². The van der Waals surface area contributed by atoms with Crippen LogP contribution in [0.25, 0.3) is 11.4 Å². The van der Waals surface area contributed by atoms with Gasteiger partial charge in [-0.25, -0.2) is 8.42 Å². The minimum Gasteiger partial charge on any atom is -0.339 e. The minimum atomic E-state index is -3.63. The standard InChI is InChI=1S/C17H17N3O3S2/c1-2-11-3-7-14(8-4-11)20-25(21,22)15-9-13(10-24-15)16-18-17(23-19-16)12-5-6-12/h3-4,7-10,12,20H,2,5-6H2,1H3. The number of thiophene rings is 1. The second kappa shape index (κ2) is 6.27. The second-order valence-corrected chi connectivity index (χ2v) is 8.86. The number of anilines is 1. The molecule has 2 aromatic heterocycles. The molecule has 4 rings (SSSR count). The molecule has 0 spiro atoms. The van der Waals surface area contributed by atoms with Gasteiger partial charge in [0.25, 0.3) is 10.0 Å². The molecule has 0 saturated heterocycles. The molecule has 0 amide bonds. The SMILES string of the molecule is CCc1ccc(NS(=O)(=O)c2cc(-c3noc(C4CC4)n3)cs2)cc1. The molecule has 0 radical (unpaired) electrons. The fraction of sp³-hybridized carbons (Fsp3) is 0.294. The summed E-state index contributed by atoms with van der Waals surface area (Å²) >= 11 is 1.14. The highest BCUT2D eigenvalue weighted by Gasteiger charge is 2.30. The largest absolute Gasteiger partial charge is 0.339 e. The second-order valence-electron chi connectivity index (χ2n) is 6.04. The zero-order valence-corrected chi connectivity index (χ0v) is 15.2. The van der Waals surface area contributed by atoms with Crippen LogP contribution in [0, 0.1) is 0 Å². The van der Waals surface area contributed by atoms with Crippen molar-refractivity contribution >= 4 is 27.0 Å². The summed E-state index contributed by atoms with van der Waals surface area (Å²) in [6, 6.07) is 8.94. The Morgan fingerprint density at radius 1 is 1.28 bits per heavy atom. The minimum absolute atomic E-state index is 0.222. The molecule has 1 saturated carbocycles. The first-order valence-electron chi connectivity index (χ1n) is 8.09. The molecular formula is C17H17N3O3S2. The summed E-state index contributed by atoms with van der Waals surface area (Å²) in [5.74, 6) is 1.45. The Hall–Kier alpha value is -2.19. The van der Waals surface area contributed by atoms with Crippen molar-refractivity contribution < 1.29 is 12.9 Å². The molecule has 6 nitrogen and oxygen atoms in total. The average molecular weight is 375 g/mol. The highest BCUT2D eigenvalue weighted by Crippen LogP contribution is 2.40. The zero-order valence-electron chi connectivity index (χ0n) is 13.6. The van der Waals surface area contributed by atoms with Gasteiger partial charge in [-0.05, 0) is 43.0 Å². The smallest absolute Gasteiger partial charge is 0.271 e. The maximum absolute atomic E-state index is 12.6.